The summed E-state index contributed by atoms with van der Waals surface area (Å²) in [5.41, 5.74) is 0.917. The maximum Gasteiger partial charge on any atom is 0.262 e. The Bertz CT molecular complexity index is 1340. The van der Waals surface area contributed by atoms with E-state index in [1.54, 1.807) is 22.3 Å². The molecule has 0 radical (unpaired) electrons. The summed E-state index contributed by atoms with van der Waals surface area (Å²) in [7, 11) is -3.61. The summed E-state index contributed by atoms with van der Waals surface area (Å²) in [5, 5.41) is 0.651. The molecular weight excluding hydrogens is 480 g/mol. The van der Waals surface area contributed by atoms with E-state index >= 15 is 0 Å². The lowest BCUT2D eigenvalue weighted by Gasteiger charge is -2.33. The number of nitrogens with zero attached hydrogens (tertiary/aromatic N) is 4. The fourth-order valence-electron chi connectivity index (χ4n) is 4.12. The summed E-state index contributed by atoms with van der Waals surface area (Å²) in [6.45, 7) is 0.853. The van der Waals surface area contributed by atoms with Gasteiger partial charge < -0.3 is 4.90 Å². The third-order valence-electron chi connectivity index (χ3n) is 5.73. The summed E-state index contributed by atoms with van der Waals surface area (Å²) < 4.78 is 28.8. The number of sulfonamides is 1. The fourth-order valence-corrected chi connectivity index (χ4v) is 8.40. The molecule has 3 aromatic rings. The molecule has 0 bridgehead atoms. The van der Waals surface area contributed by atoms with Gasteiger partial charge >= 0.3 is 0 Å². The standard InChI is InChI=1S/C19H19ClN4O4S3/c20-14-4-5-16(30-14)31(27,28)24-8-6-22(7-9-24)15(25)10-23-11-21-18-17(19(23)26)12-2-1-3-13(12)29-18/h4-5,11H,1-3,6-10H2. The first-order chi connectivity index (χ1) is 14.8. The molecule has 31 heavy (non-hydrogen) atoms. The molecule has 1 saturated heterocycles. The molecule has 1 amide bonds. The van der Waals surface area contributed by atoms with Crippen LogP contribution in [0.25, 0.3) is 10.2 Å². The van der Waals surface area contributed by atoms with Crippen molar-refractivity contribution in [3.05, 3.63) is 43.6 Å². The number of halogens is 1. The first-order valence-electron chi connectivity index (χ1n) is 9.87. The largest absolute Gasteiger partial charge is 0.338 e. The normalized spacial score (nSPS) is 17.4. The fraction of sp³-hybridized carbons (Fsp3) is 0.421. The van der Waals surface area contributed by atoms with Crippen LogP contribution in [0.2, 0.25) is 4.34 Å². The number of carbonyl (C=O) groups is 1. The van der Waals surface area contributed by atoms with Gasteiger partial charge in [-0.05, 0) is 37.0 Å². The van der Waals surface area contributed by atoms with E-state index < -0.39 is 10.0 Å². The smallest absolute Gasteiger partial charge is 0.262 e. The molecular formula is C19H19ClN4O4S3. The van der Waals surface area contributed by atoms with Crippen molar-refractivity contribution in [2.45, 2.75) is 30.0 Å². The maximum absolute atomic E-state index is 13.0. The minimum Gasteiger partial charge on any atom is -0.338 e. The summed E-state index contributed by atoms with van der Waals surface area (Å²) in [6, 6.07) is 3.06. The molecule has 12 heteroatoms. The van der Waals surface area contributed by atoms with E-state index in [1.807, 2.05) is 0 Å². The molecule has 1 fully saturated rings. The average Bonchev–Trinajstić information content (AvgIpc) is 3.46. The van der Waals surface area contributed by atoms with Crippen molar-refractivity contribution in [1.29, 1.82) is 0 Å². The van der Waals surface area contributed by atoms with Gasteiger partial charge in [0.15, 0.2) is 0 Å². The van der Waals surface area contributed by atoms with Crippen molar-refractivity contribution in [2.75, 3.05) is 26.2 Å². The molecule has 0 unspecified atom stereocenters. The lowest BCUT2D eigenvalue weighted by Crippen LogP contribution is -2.51. The Morgan fingerprint density at radius 2 is 1.90 bits per heavy atom. The predicted octanol–water partition coefficient (Wildman–Crippen LogP) is 2.19. The van der Waals surface area contributed by atoms with Gasteiger partial charge in [0.05, 0.1) is 16.0 Å². The van der Waals surface area contributed by atoms with Crippen molar-refractivity contribution >= 4 is 60.4 Å². The van der Waals surface area contributed by atoms with Gasteiger partial charge in [0, 0.05) is 31.1 Å². The van der Waals surface area contributed by atoms with Gasteiger partial charge in [0.1, 0.15) is 15.6 Å². The Balaban J connectivity index is 1.28. The topological polar surface area (TPSA) is 92.6 Å². The molecule has 4 heterocycles. The number of amides is 1. The van der Waals surface area contributed by atoms with Crippen molar-refractivity contribution in [2.24, 2.45) is 0 Å². The highest BCUT2D eigenvalue weighted by Gasteiger charge is 2.31. The van der Waals surface area contributed by atoms with Crippen LogP contribution in [0.1, 0.15) is 16.9 Å². The minimum absolute atomic E-state index is 0.0975. The molecule has 1 aliphatic heterocycles. The van der Waals surface area contributed by atoms with Crippen LogP contribution in [0, 0.1) is 0 Å². The van der Waals surface area contributed by atoms with Gasteiger partial charge in [-0.25, -0.2) is 13.4 Å². The number of hydrogen-bond donors (Lipinski definition) is 0. The molecule has 0 spiro atoms. The molecule has 0 atom stereocenters. The molecule has 1 aliphatic carbocycles. The quantitative estimate of drug-likeness (QED) is 0.549. The second-order valence-corrected chi connectivity index (χ2v) is 12.5. The Kier molecular flexibility index (Phi) is 5.41. The molecule has 2 aliphatic rings. The van der Waals surface area contributed by atoms with Crippen molar-refractivity contribution in [1.82, 2.24) is 18.8 Å². The first-order valence-corrected chi connectivity index (χ1v) is 13.3. The monoisotopic (exact) mass is 498 g/mol. The zero-order valence-electron chi connectivity index (χ0n) is 16.4. The van der Waals surface area contributed by atoms with Crippen molar-refractivity contribution in [3.8, 4) is 0 Å². The minimum atomic E-state index is -3.61. The Labute approximate surface area is 191 Å². The second-order valence-electron chi connectivity index (χ2n) is 7.56. The van der Waals surface area contributed by atoms with E-state index in [-0.39, 0.29) is 48.4 Å². The SMILES string of the molecule is O=C(Cn1cnc2sc3c(c2c1=O)CCC3)N1CCN(S(=O)(=O)c2ccc(Cl)s2)CC1. The van der Waals surface area contributed by atoms with Crippen LogP contribution in [0.3, 0.4) is 0 Å². The van der Waals surface area contributed by atoms with Gasteiger partial charge in [-0.3, -0.25) is 14.2 Å². The van der Waals surface area contributed by atoms with Gasteiger partial charge in [0.2, 0.25) is 5.91 Å². The number of thiophene rings is 2. The van der Waals surface area contributed by atoms with Gasteiger partial charge in [-0.1, -0.05) is 11.6 Å². The molecule has 3 aromatic heterocycles. The molecule has 0 aromatic carbocycles. The van der Waals surface area contributed by atoms with Crippen LogP contribution in [0.15, 0.2) is 27.5 Å². The highest BCUT2D eigenvalue weighted by atomic mass is 35.5. The number of piperazine rings is 1. The molecule has 8 nitrogen and oxygen atoms in total. The number of carbonyl (C=O) groups excluding carboxylic acids is 1. The van der Waals surface area contributed by atoms with Crippen molar-refractivity contribution in [3.63, 3.8) is 0 Å². The van der Waals surface area contributed by atoms with E-state index in [0.29, 0.717) is 9.72 Å². The van der Waals surface area contributed by atoms with Crippen LogP contribution < -0.4 is 5.56 Å². The Morgan fingerprint density at radius 1 is 1.13 bits per heavy atom. The van der Waals surface area contributed by atoms with Crippen LogP contribution in [0.4, 0.5) is 0 Å². The summed E-state index contributed by atoms with van der Waals surface area (Å²) in [4.78, 5) is 33.8. The van der Waals surface area contributed by atoms with Crippen LogP contribution in [-0.2, 0) is 34.2 Å². The van der Waals surface area contributed by atoms with Crippen LogP contribution in [-0.4, -0.2) is 59.3 Å². The Hall–Kier alpha value is -1.79. The van der Waals surface area contributed by atoms with Gasteiger partial charge in [-0.15, -0.1) is 22.7 Å². The zero-order chi connectivity index (χ0) is 21.8. The predicted molar refractivity (Wildman–Crippen MR) is 121 cm³/mol. The lowest BCUT2D eigenvalue weighted by molar-refractivity contribution is -0.133. The summed E-state index contributed by atoms with van der Waals surface area (Å²) in [5.74, 6) is -0.216. The van der Waals surface area contributed by atoms with Crippen molar-refractivity contribution < 1.29 is 13.2 Å². The van der Waals surface area contributed by atoms with E-state index in [2.05, 4.69) is 4.98 Å². The molecule has 164 valence electrons. The van der Waals surface area contributed by atoms with Gasteiger partial charge in [-0.2, -0.15) is 4.31 Å². The third-order valence-corrected chi connectivity index (χ3v) is 10.5. The summed E-state index contributed by atoms with van der Waals surface area (Å²) in [6.07, 6.45) is 4.36. The number of fused-ring (bicyclic) bond motifs is 3. The number of aryl methyl sites for hydroxylation is 2. The maximum atomic E-state index is 13.0. The van der Waals surface area contributed by atoms with Crippen LogP contribution in [0.5, 0.6) is 0 Å². The molecule has 0 saturated carbocycles. The number of rotatable bonds is 4. The highest BCUT2D eigenvalue weighted by Crippen LogP contribution is 2.34. The second kappa shape index (κ2) is 7.96. The number of hydrogen-bond acceptors (Lipinski definition) is 7. The number of aromatic nitrogens is 2. The van der Waals surface area contributed by atoms with E-state index in [4.69, 9.17) is 11.6 Å². The molecule has 0 N–H and O–H groups in total. The van der Waals surface area contributed by atoms with E-state index in [0.717, 1.165) is 41.0 Å². The Morgan fingerprint density at radius 3 is 2.61 bits per heavy atom. The van der Waals surface area contributed by atoms with E-state index in [9.17, 15) is 18.0 Å². The summed E-state index contributed by atoms with van der Waals surface area (Å²) >= 11 is 8.46. The third kappa shape index (κ3) is 3.72. The van der Waals surface area contributed by atoms with Crippen LogP contribution >= 0.6 is 34.3 Å². The lowest BCUT2D eigenvalue weighted by atomic mass is 10.2. The van der Waals surface area contributed by atoms with Gasteiger partial charge in [0.25, 0.3) is 15.6 Å². The highest BCUT2D eigenvalue weighted by molar-refractivity contribution is 7.91. The first kappa shape index (κ1) is 21.1. The molecule has 5 rings (SSSR count). The average molecular weight is 499 g/mol. The zero-order valence-corrected chi connectivity index (χ0v) is 19.6. The van der Waals surface area contributed by atoms with E-state index in [1.165, 1.54) is 26.1 Å².